The largest absolute Gasteiger partial charge is 0.573 e. The van der Waals surface area contributed by atoms with E-state index in [0.717, 1.165) is 49.7 Å². The van der Waals surface area contributed by atoms with Crippen LogP contribution in [0.25, 0.3) is 0 Å². The summed E-state index contributed by atoms with van der Waals surface area (Å²) >= 11 is 0. The van der Waals surface area contributed by atoms with Crippen LogP contribution in [0.2, 0.25) is 0 Å². The predicted molar refractivity (Wildman–Crippen MR) is 104 cm³/mol. The summed E-state index contributed by atoms with van der Waals surface area (Å²) in [5.41, 5.74) is 2.33. The molecule has 1 aliphatic rings. The van der Waals surface area contributed by atoms with Crippen LogP contribution in [0.15, 0.2) is 52.4 Å². The van der Waals surface area contributed by atoms with Crippen LogP contribution in [0.4, 0.5) is 19.0 Å². The topological polar surface area (TPSA) is 118 Å². The van der Waals surface area contributed by atoms with Crippen molar-refractivity contribution >= 4 is 25.9 Å². The summed E-state index contributed by atoms with van der Waals surface area (Å²) in [7, 11) is -7.81. The van der Waals surface area contributed by atoms with Crippen LogP contribution in [-0.4, -0.2) is 45.6 Å². The standard InChI is InChI=1S/C17H19F3N4O5S2/c18-17(19,20)29-13-4-6-14(7-5-13)30(25,26)23-22-16-9-8-15(12-21-16)31(27,28)24-10-2-1-3-11-24/h4-9,12,23H,1-3,10-11H2,(H,21,22). The number of halogens is 3. The first kappa shape index (κ1) is 23.2. The van der Waals surface area contributed by atoms with E-state index in [-0.39, 0.29) is 15.6 Å². The Balaban J connectivity index is 1.64. The van der Waals surface area contributed by atoms with Crippen molar-refractivity contribution in [3.8, 4) is 5.75 Å². The number of benzene rings is 1. The molecule has 2 aromatic rings. The van der Waals surface area contributed by atoms with Crippen molar-refractivity contribution in [3.63, 3.8) is 0 Å². The number of hydrogen-bond acceptors (Lipinski definition) is 7. The Labute approximate surface area is 177 Å². The minimum atomic E-state index is -4.89. The lowest BCUT2D eigenvalue weighted by atomic mass is 10.2. The van der Waals surface area contributed by atoms with Crippen molar-refractivity contribution in [1.82, 2.24) is 14.1 Å². The highest BCUT2D eigenvalue weighted by Gasteiger charge is 2.31. The van der Waals surface area contributed by atoms with Gasteiger partial charge >= 0.3 is 6.36 Å². The summed E-state index contributed by atoms with van der Waals surface area (Å²) in [6, 6.07) is 6.19. The summed E-state index contributed by atoms with van der Waals surface area (Å²) in [5.74, 6) is -0.537. The van der Waals surface area contributed by atoms with Crippen LogP contribution in [0.5, 0.6) is 5.75 Å². The Morgan fingerprint density at radius 2 is 1.52 bits per heavy atom. The number of sulfonamides is 2. The second kappa shape index (κ2) is 8.98. The number of ether oxygens (including phenoxy) is 1. The molecular weight excluding hydrogens is 461 g/mol. The van der Waals surface area contributed by atoms with Gasteiger partial charge in [-0.15, -0.1) is 18.0 Å². The first-order valence-electron chi connectivity index (χ1n) is 9.07. The third-order valence-corrected chi connectivity index (χ3v) is 7.52. The van der Waals surface area contributed by atoms with Crippen LogP contribution >= 0.6 is 0 Å². The fraction of sp³-hybridized carbons (Fsp3) is 0.353. The van der Waals surface area contributed by atoms with Gasteiger partial charge in [0.15, 0.2) is 0 Å². The van der Waals surface area contributed by atoms with E-state index < -0.39 is 32.2 Å². The Morgan fingerprint density at radius 3 is 2.06 bits per heavy atom. The van der Waals surface area contributed by atoms with E-state index in [2.05, 4.69) is 15.1 Å². The molecule has 1 fully saturated rings. The van der Waals surface area contributed by atoms with Crippen LogP contribution in [0.3, 0.4) is 0 Å². The molecule has 31 heavy (non-hydrogen) atoms. The Hall–Kier alpha value is -2.42. The third-order valence-electron chi connectivity index (χ3n) is 4.37. The van der Waals surface area contributed by atoms with Crippen molar-refractivity contribution in [1.29, 1.82) is 0 Å². The number of aromatic nitrogens is 1. The van der Waals surface area contributed by atoms with Gasteiger partial charge < -0.3 is 4.74 Å². The summed E-state index contributed by atoms with van der Waals surface area (Å²) in [5, 5.41) is 0. The van der Waals surface area contributed by atoms with Crippen LogP contribution in [0.1, 0.15) is 19.3 Å². The monoisotopic (exact) mass is 480 g/mol. The third kappa shape index (κ3) is 6.06. The van der Waals surface area contributed by atoms with Gasteiger partial charge in [0.05, 0.1) is 4.90 Å². The molecule has 14 heteroatoms. The molecule has 1 aliphatic heterocycles. The zero-order valence-electron chi connectivity index (χ0n) is 16.0. The van der Waals surface area contributed by atoms with E-state index in [4.69, 9.17) is 0 Å². The number of rotatable bonds is 7. The minimum Gasteiger partial charge on any atom is -0.406 e. The molecule has 2 N–H and O–H groups in total. The van der Waals surface area contributed by atoms with Gasteiger partial charge in [0, 0.05) is 19.3 Å². The quantitative estimate of drug-likeness (QED) is 0.585. The summed E-state index contributed by atoms with van der Waals surface area (Å²) < 4.78 is 91.3. The highest BCUT2D eigenvalue weighted by molar-refractivity contribution is 7.89. The maximum absolute atomic E-state index is 12.6. The second-order valence-electron chi connectivity index (χ2n) is 6.59. The number of hydrazine groups is 1. The van der Waals surface area contributed by atoms with Crippen LogP contribution in [-0.2, 0) is 20.0 Å². The summed E-state index contributed by atoms with van der Waals surface area (Å²) in [6.45, 7) is 0.879. The maximum Gasteiger partial charge on any atom is 0.573 e. The Morgan fingerprint density at radius 1 is 0.903 bits per heavy atom. The molecule has 0 saturated carbocycles. The fourth-order valence-corrected chi connectivity index (χ4v) is 5.17. The van der Waals surface area contributed by atoms with Gasteiger partial charge in [-0.25, -0.2) is 21.8 Å². The maximum atomic E-state index is 12.6. The summed E-state index contributed by atoms with van der Waals surface area (Å²) in [4.78, 5) is 5.59. The lowest BCUT2D eigenvalue weighted by Gasteiger charge is -2.25. The molecule has 1 aromatic heterocycles. The molecule has 0 amide bonds. The Bertz CT molecular complexity index is 1100. The number of piperidine rings is 1. The van der Waals surface area contributed by atoms with Crippen molar-refractivity contribution in [3.05, 3.63) is 42.6 Å². The van der Waals surface area contributed by atoms with Gasteiger partial charge in [0.2, 0.25) is 10.0 Å². The number of nitrogens with one attached hydrogen (secondary N) is 2. The van der Waals surface area contributed by atoms with Crippen LogP contribution in [0, 0.1) is 0 Å². The number of nitrogens with zero attached hydrogens (tertiary/aromatic N) is 2. The number of pyridine rings is 1. The second-order valence-corrected chi connectivity index (χ2v) is 10.2. The number of anilines is 1. The zero-order valence-corrected chi connectivity index (χ0v) is 17.6. The van der Waals surface area contributed by atoms with Gasteiger partial charge in [-0.3, -0.25) is 5.43 Å². The molecule has 9 nitrogen and oxygen atoms in total. The average Bonchev–Trinajstić information content (AvgIpc) is 2.72. The van der Waals surface area contributed by atoms with E-state index in [1.807, 2.05) is 4.83 Å². The number of hydrogen-bond donors (Lipinski definition) is 2. The molecule has 3 rings (SSSR count). The molecule has 0 spiro atoms. The molecule has 0 unspecified atom stereocenters. The molecular formula is C17H19F3N4O5S2. The molecule has 2 heterocycles. The van der Waals surface area contributed by atoms with Crippen molar-refractivity contribution in [2.45, 2.75) is 35.4 Å². The summed E-state index contributed by atoms with van der Waals surface area (Å²) in [6.07, 6.45) is -1.22. The molecule has 1 aromatic carbocycles. The highest BCUT2D eigenvalue weighted by Crippen LogP contribution is 2.24. The first-order chi connectivity index (χ1) is 14.5. The molecule has 170 valence electrons. The van der Waals surface area contributed by atoms with Gasteiger partial charge in [-0.2, -0.15) is 4.31 Å². The SMILES string of the molecule is O=S(=O)(NNc1ccc(S(=O)(=O)N2CCCCC2)cn1)c1ccc(OC(F)(F)F)cc1. The molecule has 1 saturated heterocycles. The van der Waals surface area contributed by atoms with E-state index in [1.165, 1.54) is 16.4 Å². The number of alkyl halides is 3. The van der Waals surface area contributed by atoms with E-state index in [9.17, 15) is 30.0 Å². The molecule has 0 atom stereocenters. The predicted octanol–water partition coefficient (Wildman–Crippen LogP) is 2.46. The fourth-order valence-electron chi connectivity index (χ4n) is 2.86. The smallest absolute Gasteiger partial charge is 0.406 e. The van der Waals surface area contributed by atoms with E-state index in [1.54, 1.807) is 0 Å². The molecule has 0 aliphatic carbocycles. The molecule has 0 radical (unpaired) electrons. The van der Waals surface area contributed by atoms with Crippen LogP contribution < -0.4 is 15.0 Å². The van der Waals surface area contributed by atoms with Gasteiger partial charge in [-0.1, -0.05) is 6.42 Å². The lowest BCUT2D eigenvalue weighted by molar-refractivity contribution is -0.274. The van der Waals surface area contributed by atoms with Crippen molar-refractivity contribution in [2.24, 2.45) is 0 Å². The lowest BCUT2D eigenvalue weighted by Crippen LogP contribution is -2.35. The zero-order chi connectivity index (χ0) is 22.7. The first-order valence-corrected chi connectivity index (χ1v) is 12.0. The van der Waals surface area contributed by atoms with E-state index >= 15 is 0 Å². The van der Waals surface area contributed by atoms with Gasteiger partial charge in [-0.05, 0) is 49.2 Å². The highest BCUT2D eigenvalue weighted by atomic mass is 32.2. The minimum absolute atomic E-state index is 0.0111. The molecule has 0 bridgehead atoms. The normalized spacial score (nSPS) is 16.1. The van der Waals surface area contributed by atoms with Crippen molar-refractivity contribution < 1.29 is 34.7 Å². The van der Waals surface area contributed by atoms with E-state index in [0.29, 0.717) is 13.1 Å². The average molecular weight is 480 g/mol. The van der Waals surface area contributed by atoms with Crippen molar-refractivity contribution in [2.75, 3.05) is 18.5 Å². The Kier molecular flexibility index (Phi) is 6.73. The van der Waals surface area contributed by atoms with Gasteiger partial charge in [0.1, 0.15) is 16.5 Å². The van der Waals surface area contributed by atoms with Gasteiger partial charge in [0.25, 0.3) is 10.0 Å².